The minimum Gasteiger partial charge on any atom is -0.486 e. The lowest BCUT2D eigenvalue weighted by molar-refractivity contribution is 0.171. The Morgan fingerprint density at radius 2 is 2.05 bits per heavy atom. The molecule has 1 aromatic heterocycles. The Labute approximate surface area is 130 Å². The highest BCUT2D eigenvalue weighted by atomic mass is 35.5. The van der Waals surface area contributed by atoms with Crippen molar-refractivity contribution in [3.63, 3.8) is 0 Å². The van der Waals surface area contributed by atoms with Crippen molar-refractivity contribution in [3.8, 4) is 11.5 Å². The molecule has 0 saturated carbocycles. The smallest absolute Gasteiger partial charge is 0.161 e. The molecule has 0 saturated heterocycles. The minimum atomic E-state index is 0. The summed E-state index contributed by atoms with van der Waals surface area (Å²) in [6, 6.07) is 6.15. The SMILES string of the molecule is Cc1[nH]ncc1CNCCc1ccc2c(c1)OCCO2.Cl. The number of nitrogens with zero attached hydrogens (tertiary/aromatic N) is 1. The molecule has 0 unspecified atom stereocenters. The largest absolute Gasteiger partial charge is 0.486 e. The Kier molecular flexibility index (Phi) is 5.47. The van der Waals surface area contributed by atoms with E-state index in [1.807, 2.05) is 19.2 Å². The van der Waals surface area contributed by atoms with Crippen molar-refractivity contribution in [2.45, 2.75) is 19.9 Å². The van der Waals surface area contributed by atoms with Crippen molar-refractivity contribution in [1.29, 1.82) is 0 Å². The predicted octanol–water partition coefficient (Wildman–Crippen LogP) is 2.24. The van der Waals surface area contributed by atoms with Crippen LogP contribution in [0.1, 0.15) is 16.8 Å². The summed E-state index contributed by atoms with van der Waals surface area (Å²) in [6.45, 7) is 5.06. The van der Waals surface area contributed by atoms with Gasteiger partial charge in [-0.3, -0.25) is 5.10 Å². The monoisotopic (exact) mass is 309 g/mol. The quantitative estimate of drug-likeness (QED) is 0.832. The molecule has 2 heterocycles. The van der Waals surface area contributed by atoms with Gasteiger partial charge in [0.05, 0.1) is 6.20 Å². The van der Waals surface area contributed by atoms with Gasteiger partial charge in [-0.25, -0.2) is 0 Å². The number of H-pyrrole nitrogens is 1. The van der Waals surface area contributed by atoms with Crippen LogP contribution in [-0.2, 0) is 13.0 Å². The van der Waals surface area contributed by atoms with Gasteiger partial charge in [-0.05, 0) is 37.6 Å². The Morgan fingerprint density at radius 3 is 2.81 bits per heavy atom. The molecule has 0 aliphatic carbocycles. The van der Waals surface area contributed by atoms with Crippen LogP contribution in [0.2, 0.25) is 0 Å². The highest BCUT2D eigenvalue weighted by Crippen LogP contribution is 2.30. The molecular weight excluding hydrogens is 290 g/mol. The number of hydrogen-bond acceptors (Lipinski definition) is 4. The number of ether oxygens (including phenoxy) is 2. The first-order chi connectivity index (χ1) is 9.83. The summed E-state index contributed by atoms with van der Waals surface area (Å²) in [5.74, 6) is 1.71. The lowest BCUT2D eigenvalue weighted by atomic mass is 10.1. The third kappa shape index (κ3) is 3.89. The molecule has 5 nitrogen and oxygen atoms in total. The molecule has 1 aliphatic heterocycles. The fourth-order valence-corrected chi connectivity index (χ4v) is 2.25. The summed E-state index contributed by atoms with van der Waals surface area (Å²) in [5, 5.41) is 10.4. The molecule has 2 N–H and O–H groups in total. The molecule has 0 fully saturated rings. The average Bonchev–Trinajstić information content (AvgIpc) is 2.89. The van der Waals surface area contributed by atoms with E-state index in [-0.39, 0.29) is 12.4 Å². The van der Waals surface area contributed by atoms with Crippen LogP contribution in [-0.4, -0.2) is 30.0 Å². The molecule has 0 spiro atoms. The number of aromatic amines is 1. The minimum absolute atomic E-state index is 0. The van der Waals surface area contributed by atoms with E-state index in [1.54, 1.807) is 0 Å². The highest BCUT2D eigenvalue weighted by Gasteiger charge is 2.11. The summed E-state index contributed by atoms with van der Waals surface area (Å²) in [7, 11) is 0. The molecule has 1 aromatic carbocycles. The zero-order chi connectivity index (χ0) is 13.8. The molecule has 2 aromatic rings. The van der Waals surface area contributed by atoms with Crippen molar-refractivity contribution >= 4 is 12.4 Å². The standard InChI is InChI=1S/C15H19N3O2.ClH/c1-11-13(10-17-18-11)9-16-5-4-12-2-3-14-15(8-12)20-7-6-19-14;/h2-3,8,10,16H,4-7,9H2,1H3,(H,17,18);1H. The molecule has 21 heavy (non-hydrogen) atoms. The molecule has 3 rings (SSSR count). The van der Waals surface area contributed by atoms with E-state index >= 15 is 0 Å². The van der Waals surface area contributed by atoms with Gasteiger partial charge in [0.15, 0.2) is 11.5 Å². The second kappa shape index (κ2) is 7.33. The number of hydrogen-bond donors (Lipinski definition) is 2. The maximum atomic E-state index is 5.59. The lowest BCUT2D eigenvalue weighted by Gasteiger charge is -2.18. The third-order valence-corrected chi connectivity index (χ3v) is 3.45. The fraction of sp³-hybridized carbons (Fsp3) is 0.400. The van der Waals surface area contributed by atoms with Gasteiger partial charge >= 0.3 is 0 Å². The first-order valence-corrected chi connectivity index (χ1v) is 6.91. The van der Waals surface area contributed by atoms with Gasteiger partial charge in [-0.1, -0.05) is 6.07 Å². The number of benzene rings is 1. The maximum Gasteiger partial charge on any atom is 0.161 e. The zero-order valence-corrected chi connectivity index (χ0v) is 12.8. The summed E-state index contributed by atoms with van der Waals surface area (Å²) in [4.78, 5) is 0. The van der Waals surface area contributed by atoms with Gasteiger partial charge in [0.2, 0.25) is 0 Å². The predicted molar refractivity (Wildman–Crippen MR) is 83.4 cm³/mol. The van der Waals surface area contributed by atoms with Crippen LogP contribution in [0.5, 0.6) is 11.5 Å². The Morgan fingerprint density at radius 1 is 1.24 bits per heavy atom. The van der Waals surface area contributed by atoms with Crippen LogP contribution in [0.4, 0.5) is 0 Å². The second-order valence-electron chi connectivity index (χ2n) is 4.93. The Balaban J connectivity index is 0.00000161. The van der Waals surface area contributed by atoms with Gasteiger partial charge in [-0.2, -0.15) is 5.10 Å². The fourth-order valence-electron chi connectivity index (χ4n) is 2.25. The van der Waals surface area contributed by atoms with Gasteiger partial charge in [0.25, 0.3) is 0 Å². The third-order valence-electron chi connectivity index (χ3n) is 3.45. The first-order valence-electron chi connectivity index (χ1n) is 6.91. The van der Waals surface area contributed by atoms with Crippen molar-refractivity contribution < 1.29 is 9.47 Å². The van der Waals surface area contributed by atoms with Gasteiger partial charge in [0, 0.05) is 17.8 Å². The summed E-state index contributed by atoms with van der Waals surface area (Å²) < 4.78 is 11.1. The summed E-state index contributed by atoms with van der Waals surface area (Å²) in [6.07, 6.45) is 2.83. The highest BCUT2D eigenvalue weighted by molar-refractivity contribution is 5.85. The molecule has 0 atom stereocenters. The van der Waals surface area contributed by atoms with Crippen LogP contribution in [0.15, 0.2) is 24.4 Å². The Bertz CT molecular complexity index is 586. The summed E-state index contributed by atoms with van der Waals surface area (Å²) in [5.41, 5.74) is 3.59. The first kappa shape index (κ1) is 15.7. The van der Waals surface area contributed by atoms with E-state index in [1.165, 1.54) is 11.1 Å². The van der Waals surface area contributed by atoms with E-state index < -0.39 is 0 Å². The average molecular weight is 310 g/mol. The zero-order valence-electron chi connectivity index (χ0n) is 12.0. The van der Waals surface area contributed by atoms with Crippen molar-refractivity contribution in [2.24, 2.45) is 0 Å². The van der Waals surface area contributed by atoms with Crippen LogP contribution in [0.3, 0.4) is 0 Å². The van der Waals surface area contributed by atoms with Crippen molar-refractivity contribution in [1.82, 2.24) is 15.5 Å². The summed E-state index contributed by atoms with van der Waals surface area (Å²) >= 11 is 0. The second-order valence-corrected chi connectivity index (χ2v) is 4.93. The van der Waals surface area contributed by atoms with E-state index in [4.69, 9.17) is 9.47 Å². The molecule has 0 bridgehead atoms. The van der Waals surface area contributed by atoms with Crippen LogP contribution in [0.25, 0.3) is 0 Å². The lowest BCUT2D eigenvalue weighted by Crippen LogP contribution is -2.18. The van der Waals surface area contributed by atoms with Gasteiger partial charge in [-0.15, -0.1) is 12.4 Å². The van der Waals surface area contributed by atoms with Gasteiger partial charge in [0.1, 0.15) is 13.2 Å². The van der Waals surface area contributed by atoms with Gasteiger partial charge < -0.3 is 14.8 Å². The number of aryl methyl sites for hydroxylation is 1. The van der Waals surface area contributed by atoms with E-state index in [0.717, 1.165) is 36.7 Å². The van der Waals surface area contributed by atoms with Crippen molar-refractivity contribution in [3.05, 3.63) is 41.2 Å². The Hall–Kier alpha value is -1.72. The van der Waals surface area contributed by atoms with Crippen molar-refractivity contribution in [2.75, 3.05) is 19.8 Å². The van der Waals surface area contributed by atoms with Crippen LogP contribution >= 0.6 is 12.4 Å². The number of rotatable bonds is 5. The molecule has 0 amide bonds. The number of fused-ring (bicyclic) bond motifs is 1. The topological polar surface area (TPSA) is 59.2 Å². The maximum absolute atomic E-state index is 5.59. The molecular formula is C15H20ClN3O2. The van der Waals surface area contributed by atoms with E-state index in [2.05, 4.69) is 27.6 Å². The molecule has 0 radical (unpaired) electrons. The number of nitrogens with one attached hydrogen (secondary N) is 2. The van der Waals surface area contributed by atoms with E-state index in [9.17, 15) is 0 Å². The van der Waals surface area contributed by atoms with Crippen LogP contribution < -0.4 is 14.8 Å². The normalized spacial score (nSPS) is 12.8. The van der Waals surface area contributed by atoms with Crippen LogP contribution in [0, 0.1) is 6.92 Å². The molecule has 6 heteroatoms. The number of aromatic nitrogens is 2. The van der Waals surface area contributed by atoms with E-state index in [0.29, 0.717) is 13.2 Å². The molecule has 114 valence electrons. The number of halogens is 1. The molecule has 1 aliphatic rings.